The van der Waals surface area contributed by atoms with E-state index in [-0.39, 0.29) is 26.5 Å². The highest BCUT2D eigenvalue weighted by atomic mass is 27.2. The van der Waals surface area contributed by atoms with Crippen LogP contribution in [0.2, 0.25) is 5.28 Å². The van der Waals surface area contributed by atoms with E-state index < -0.39 is 14.1 Å². The number of carbonyl (C=O) groups is 3. The fourth-order valence-electron chi connectivity index (χ4n) is 0.861. The first-order valence-electron chi connectivity index (χ1n) is 4.86. The van der Waals surface area contributed by atoms with Crippen LogP contribution in [0.1, 0.15) is 34.6 Å². The quantitative estimate of drug-likeness (QED) is 0.722. The number of rotatable bonds is 4. The van der Waals surface area contributed by atoms with Crippen molar-refractivity contribution in [2.75, 3.05) is 0 Å². The van der Waals surface area contributed by atoms with Crippen molar-refractivity contribution in [3.63, 3.8) is 0 Å². The molecule has 0 fully saturated rings. The number of Topliss-reactive ketones (excluding diaryl/α,β-unsaturated/α-hetero) is 1. The highest BCUT2D eigenvalue weighted by Crippen LogP contribution is 1.96. The van der Waals surface area contributed by atoms with E-state index >= 15 is 0 Å². The van der Waals surface area contributed by atoms with Gasteiger partial charge in [-0.3, -0.25) is 0 Å². The second-order valence-electron chi connectivity index (χ2n) is 3.77. The minimum Gasteiger partial charge on any atom is -0.394 e. The number of ketones is 1. The van der Waals surface area contributed by atoms with Gasteiger partial charge in [-0.1, -0.05) is 0 Å². The summed E-state index contributed by atoms with van der Waals surface area (Å²) in [6, 6.07) is 0. The van der Waals surface area contributed by atoms with Gasteiger partial charge in [0, 0.05) is 6.10 Å². The molecule has 15 heavy (non-hydrogen) atoms. The fraction of sp³-hybridized carbons (Fsp3) is 0.700. The summed E-state index contributed by atoms with van der Waals surface area (Å²) < 4.78 is -0.180. The molecule has 0 unspecified atom stereocenters. The van der Waals surface area contributed by atoms with Crippen LogP contribution in [0, 0.1) is 0 Å². The Labute approximate surface area is 95.1 Å². The summed E-state index contributed by atoms with van der Waals surface area (Å²) in [4.78, 5) is 32.2. The lowest BCUT2D eigenvalue weighted by Crippen LogP contribution is -2.33. The van der Waals surface area contributed by atoms with Crippen molar-refractivity contribution in [1.82, 2.24) is 0 Å². The van der Waals surface area contributed by atoms with Crippen LogP contribution in [-0.2, 0) is 14.4 Å². The molecule has 0 aliphatic carbocycles. The molecule has 0 aliphatic rings. The molecule has 0 aromatic carbocycles. The summed E-state index contributed by atoms with van der Waals surface area (Å²) in [6.45, 7) is 7.63. The van der Waals surface area contributed by atoms with Crippen LogP contribution in [0.3, 0.4) is 0 Å². The Hall–Kier alpha value is -0.498. The Morgan fingerprint density at radius 3 is 1.40 bits per heavy atom. The van der Waals surface area contributed by atoms with Gasteiger partial charge in [0.2, 0.25) is 0 Å². The molecule has 0 heterocycles. The largest absolute Gasteiger partial charge is 0.467 e. The first-order chi connectivity index (χ1) is 6.68. The van der Waals surface area contributed by atoms with E-state index in [2.05, 4.69) is 0 Å². The van der Waals surface area contributed by atoms with Gasteiger partial charge in [0.15, 0.2) is 0 Å². The summed E-state index contributed by atoms with van der Waals surface area (Å²) in [5.41, 5.74) is 0. The Bertz CT molecular complexity index is 219. The predicted molar refractivity (Wildman–Crippen MR) is 60.0 cm³/mol. The van der Waals surface area contributed by atoms with Crippen molar-refractivity contribution in [1.29, 1.82) is 0 Å². The van der Waals surface area contributed by atoms with E-state index in [4.69, 9.17) is 5.11 Å². The molecule has 0 aromatic heterocycles. The van der Waals surface area contributed by atoms with Crippen LogP contribution < -0.4 is 0 Å². The Morgan fingerprint density at radius 1 is 1.07 bits per heavy atom. The summed E-state index contributed by atoms with van der Waals surface area (Å²) in [6.07, 6.45) is -0.167. The molecule has 0 aromatic rings. The van der Waals surface area contributed by atoms with Crippen LogP contribution in [0.15, 0.2) is 0 Å². The van der Waals surface area contributed by atoms with E-state index in [1.165, 1.54) is 20.8 Å². The number of aliphatic hydroxyl groups is 1. The van der Waals surface area contributed by atoms with E-state index in [1.807, 2.05) is 0 Å². The van der Waals surface area contributed by atoms with Gasteiger partial charge in [0.25, 0.3) is 0 Å². The molecule has 0 atom stereocenters. The molecule has 0 spiro atoms. The lowest BCUT2D eigenvalue weighted by atomic mass is 10.5. The maximum Gasteiger partial charge on any atom is 0.467 e. The molecule has 0 rings (SSSR count). The second-order valence-corrected chi connectivity index (χ2v) is 6.91. The lowest BCUT2D eigenvalue weighted by molar-refractivity contribution is -0.117. The SMILES string of the molecule is CC(=O)[CH2][Al]([C](C)=O)[C](C)=O.CC(C)O. The van der Waals surface area contributed by atoms with E-state index in [1.54, 1.807) is 13.8 Å². The van der Waals surface area contributed by atoms with Crippen LogP contribution in [0.25, 0.3) is 0 Å². The second kappa shape index (κ2) is 8.78. The van der Waals surface area contributed by atoms with Crippen molar-refractivity contribution in [3.8, 4) is 0 Å². The normalized spacial score (nSPS) is 9.00. The summed E-state index contributed by atoms with van der Waals surface area (Å²) in [5.74, 6) is -0.0629. The van der Waals surface area contributed by atoms with Gasteiger partial charge >= 0.3 is 14.1 Å². The van der Waals surface area contributed by atoms with Gasteiger partial charge in [-0.2, -0.15) is 0 Å². The molecule has 1 N–H and O–H groups in total. The zero-order chi connectivity index (χ0) is 12.6. The molecule has 0 saturated heterocycles. The van der Waals surface area contributed by atoms with Gasteiger partial charge in [-0.05, 0) is 39.9 Å². The molecule has 0 aliphatic heterocycles. The molecule has 0 saturated carbocycles. The molecule has 4 nitrogen and oxygen atoms in total. The molecule has 0 bridgehead atoms. The third-order valence-electron chi connectivity index (χ3n) is 1.47. The van der Waals surface area contributed by atoms with Crippen molar-refractivity contribution in [2.45, 2.75) is 46.0 Å². The minimum absolute atomic E-state index is 0.0629. The number of hydrogen-bond acceptors (Lipinski definition) is 4. The predicted octanol–water partition coefficient (Wildman–Crippen LogP) is 0.714. The van der Waals surface area contributed by atoms with Crippen molar-refractivity contribution >= 4 is 29.2 Å². The molecule has 5 heteroatoms. The Morgan fingerprint density at radius 2 is 1.33 bits per heavy atom. The molecular weight excluding hydrogens is 211 g/mol. The fourth-order valence-corrected chi connectivity index (χ4v) is 2.58. The van der Waals surface area contributed by atoms with Crippen molar-refractivity contribution in [2.24, 2.45) is 0 Å². The van der Waals surface area contributed by atoms with Gasteiger partial charge < -0.3 is 19.5 Å². The first kappa shape index (κ1) is 16.9. The molecule has 0 radical (unpaired) electrons. The van der Waals surface area contributed by atoms with Crippen LogP contribution >= 0.6 is 0 Å². The van der Waals surface area contributed by atoms with Crippen LogP contribution in [-0.4, -0.2) is 40.4 Å². The van der Waals surface area contributed by atoms with E-state index in [9.17, 15) is 14.4 Å². The van der Waals surface area contributed by atoms with E-state index in [0.29, 0.717) is 0 Å². The smallest absolute Gasteiger partial charge is 0.394 e. The van der Waals surface area contributed by atoms with E-state index in [0.717, 1.165) is 0 Å². The highest BCUT2D eigenvalue weighted by molar-refractivity contribution is 7.11. The zero-order valence-corrected chi connectivity index (χ0v) is 11.2. The average molecular weight is 230 g/mol. The maximum absolute atomic E-state index is 10.8. The Kier molecular flexibility index (Phi) is 9.90. The van der Waals surface area contributed by atoms with Gasteiger partial charge in [-0.15, -0.1) is 0 Å². The Balaban J connectivity index is 0. The summed E-state index contributed by atoms with van der Waals surface area (Å²) in [5, 5.41) is 8.24. The zero-order valence-electron chi connectivity index (χ0n) is 10.0. The average Bonchev–Trinajstić information content (AvgIpc) is 1.97. The first-order valence-corrected chi connectivity index (χ1v) is 6.84. The number of carbonyl (C=O) groups excluding carboxylic acids is 3. The standard InChI is InChI=1S/C3H8O.C3H5O.2C2H3O.Al/c2*1-3(2)4;2*1-2-3;/h3-4H,1-2H3;1H2,2H3;2*1H3;. The minimum atomic E-state index is -2.07. The topological polar surface area (TPSA) is 71.4 Å². The summed E-state index contributed by atoms with van der Waals surface area (Å²) >= 11 is -2.07. The van der Waals surface area contributed by atoms with Gasteiger partial charge in [0.1, 0.15) is 5.78 Å². The molecule has 86 valence electrons. The van der Waals surface area contributed by atoms with Gasteiger partial charge in [-0.25, -0.2) is 0 Å². The molecule has 0 amide bonds. The lowest BCUT2D eigenvalue weighted by Gasteiger charge is -1.98. The van der Waals surface area contributed by atoms with Crippen LogP contribution in [0.4, 0.5) is 0 Å². The number of aliphatic hydroxyl groups excluding tert-OH is 1. The maximum atomic E-state index is 10.8. The monoisotopic (exact) mass is 230 g/mol. The summed E-state index contributed by atoms with van der Waals surface area (Å²) in [7, 11) is 0. The van der Waals surface area contributed by atoms with Crippen molar-refractivity contribution < 1.29 is 19.5 Å². The van der Waals surface area contributed by atoms with Gasteiger partial charge in [0.05, 0.1) is 9.29 Å². The molecular formula is C10H19AlO4. The number of hydrogen-bond donors (Lipinski definition) is 1. The van der Waals surface area contributed by atoms with Crippen LogP contribution in [0.5, 0.6) is 0 Å². The third-order valence-corrected chi connectivity index (χ3v) is 4.42. The van der Waals surface area contributed by atoms with Crippen molar-refractivity contribution in [3.05, 3.63) is 0 Å². The third kappa shape index (κ3) is 13.5. The highest BCUT2D eigenvalue weighted by Gasteiger charge is 2.30.